The third-order valence-corrected chi connectivity index (χ3v) is 10.7. The van der Waals surface area contributed by atoms with E-state index >= 15 is 0 Å². The summed E-state index contributed by atoms with van der Waals surface area (Å²) in [6.45, 7) is 15.4. The van der Waals surface area contributed by atoms with E-state index < -0.39 is 0 Å². The van der Waals surface area contributed by atoms with Crippen LogP contribution in [-0.2, 0) is 15.6 Å². The zero-order valence-corrected chi connectivity index (χ0v) is 24.6. The molecule has 0 spiro atoms. The van der Waals surface area contributed by atoms with Crippen LogP contribution in [0.2, 0.25) is 0 Å². The Morgan fingerprint density at radius 2 is 1.80 bits per heavy atom. The summed E-state index contributed by atoms with van der Waals surface area (Å²) >= 11 is 0. The molecule has 0 unspecified atom stereocenters. The van der Waals surface area contributed by atoms with Gasteiger partial charge in [-0.05, 0) is 87.4 Å². The first-order valence-electron chi connectivity index (χ1n) is 15.1. The molecule has 4 heteroatoms. The van der Waals surface area contributed by atoms with Gasteiger partial charge in [0, 0.05) is 52.5 Å². The van der Waals surface area contributed by atoms with Crippen molar-refractivity contribution in [2.24, 2.45) is 5.92 Å². The van der Waals surface area contributed by atoms with Gasteiger partial charge in [0.1, 0.15) is 0 Å². The number of aryl methyl sites for hydroxylation is 1. The Morgan fingerprint density at radius 1 is 0.975 bits per heavy atom. The average Bonchev–Trinajstić information content (AvgIpc) is 3.29. The van der Waals surface area contributed by atoms with E-state index in [0.29, 0.717) is 5.92 Å². The van der Waals surface area contributed by atoms with Crippen molar-refractivity contribution in [2.75, 3.05) is 18.0 Å². The van der Waals surface area contributed by atoms with Crippen molar-refractivity contribution in [1.82, 2.24) is 0 Å². The lowest BCUT2D eigenvalue weighted by Gasteiger charge is -2.44. The predicted octanol–water partition coefficient (Wildman–Crippen LogP) is 7.07. The highest BCUT2D eigenvalue weighted by molar-refractivity contribution is 6.09. The zero-order chi connectivity index (χ0) is 27.7. The van der Waals surface area contributed by atoms with E-state index in [0.717, 1.165) is 31.5 Å². The summed E-state index contributed by atoms with van der Waals surface area (Å²) in [5, 5.41) is 0. The summed E-state index contributed by atoms with van der Waals surface area (Å²) in [6, 6.07) is 13.3. The number of allylic oxidation sites excluding steroid dienone is 3. The SMILES string of the molecule is CC(=O)c1ccc2c(c1)C(C)(C)C1=[N+]2CC[C@H]2O[C@H]3C[C@H]4CCN5C(=C4C=C3C=C12)C(C)(C)c1cc(C)ccc15. The van der Waals surface area contributed by atoms with E-state index in [-0.39, 0.29) is 28.8 Å². The lowest BCUT2D eigenvalue weighted by Crippen LogP contribution is -2.46. The molecule has 1 aliphatic carbocycles. The van der Waals surface area contributed by atoms with Crippen LogP contribution >= 0.6 is 0 Å². The molecule has 0 fully saturated rings. The molecule has 2 aromatic carbocycles. The minimum absolute atomic E-state index is 0.00957. The van der Waals surface area contributed by atoms with Crippen molar-refractivity contribution >= 4 is 22.9 Å². The second-order valence-corrected chi connectivity index (χ2v) is 13.9. The summed E-state index contributed by atoms with van der Waals surface area (Å²) in [6.07, 6.45) is 8.56. The summed E-state index contributed by atoms with van der Waals surface area (Å²) < 4.78 is 9.47. The minimum Gasteiger partial charge on any atom is -0.365 e. The van der Waals surface area contributed by atoms with Crippen molar-refractivity contribution in [3.05, 3.63) is 93.2 Å². The van der Waals surface area contributed by atoms with Crippen LogP contribution in [0.3, 0.4) is 0 Å². The van der Waals surface area contributed by atoms with Crippen LogP contribution < -0.4 is 4.90 Å². The van der Waals surface area contributed by atoms with Gasteiger partial charge in [-0.25, -0.2) is 0 Å². The van der Waals surface area contributed by atoms with Gasteiger partial charge in [-0.1, -0.05) is 37.6 Å². The highest BCUT2D eigenvalue weighted by Crippen LogP contribution is 2.55. The first-order valence-corrected chi connectivity index (χ1v) is 15.1. The molecule has 2 aromatic rings. The number of Topliss-reactive ketones (excluding diaryl/α,β-unsaturated/α-hetero) is 1. The number of carbonyl (C=O) groups excluding carboxylic acids is 1. The smallest absolute Gasteiger partial charge is 0.209 e. The zero-order valence-electron chi connectivity index (χ0n) is 24.6. The molecule has 6 aliphatic rings. The largest absolute Gasteiger partial charge is 0.365 e. The number of carbonyl (C=O) groups is 1. The molecule has 40 heavy (non-hydrogen) atoms. The second kappa shape index (κ2) is 7.94. The molecule has 0 aromatic heterocycles. The predicted molar refractivity (Wildman–Crippen MR) is 160 cm³/mol. The first kappa shape index (κ1) is 24.5. The molecule has 0 saturated carbocycles. The Hall–Kier alpha value is -3.24. The van der Waals surface area contributed by atoms with Crippen LogP contribution in [0, 0.1) is 12.8 Å². The lowest BCUT2D eigenvalue weighted by molar-refractivity contribution is -0.445. The number of fused-ring (bicyclic) bond motifs is 9. The second-order valence-electron chi connectivity index (χ2n) is 13.9. The van der Waals surface area contributed by atoms with Crippen LogP contribution in [-0.4, -0.2) is 41.4 Å². The molecule has 0 radical (unpaired) electrons. The summed E-state index contributed by atoms with van der Waals surface area (Å²) in [7, 11) is 0. The fourth-order valence-electron chi connectivity index (χ4n) is 8.78. The first-order chi connectivity index (χ1) is 19.1. The maximum absolute atomic E-state index is 12.2. The van der Waals surface area contributed by atoms with Gasteiger partial charge >= 0.3 is 0 Å². The molecule has 0 amide bonds. The van der Waals surface area contributed by atoms with Crippen molar-refractivity contribution in [3.8, 4) is 0 Å². The molecule has 0 bridgehead atoms. The summed E-state index contributed by atoms with van der Waals surface area (Å²) in [4.78, 5) is 14.8. The normalized spacial score (nSPS) is 28.4. The Labute approximate surface area is 237 Å². The van der Waals surface area contributed by atoms with Crippen LogP contribution in [0.15, 0.2) is 71.0 Å². The van der Waals surface area contributed by atoms with Crippen molar-refractivity contribution in [3.63, 3.8) is 0 Å². The molecular formula is C36H39N2O2+. The van der Waals surface area contributed by atoms with Crippen LogP contribution in [0.1, 0.15) is 80.9 Å². The van der Waals surface area contributed by atoms with E-state index in [1.54, 1.807) is 6.92 Å². The maximum atomic E-state index is 12.2. The Morgan fingerprint density at radius 3 is 2.60 bits per heavy atom. The quantitative estimate of drug-likeness (QED) is 0.291. The van der Waals surface area contributed by atoms with E-state index in [9.17, 15) is 4.79 Å². The molecule has 5 aliphatic heterocycles. The Bertz CT molecular complexity index is 1660. The fourth-order valence-corrected chi connectivity index (χ4v) is 8.78. The molecular weight excluding hydrogens is 492 g/mol. The van der Waals surface area contributed by atoms with E-state index in [2.05, 4.69) is 86.6 Å². The number of nitrogens with zero attached hydrogens (tertiary/aromatic N) is 2. The number of hydrogen-bond donors (Lipinski definition) is 0. The standard InChI is InChI=1S/C36H39N2O2/c1-20-7-9-29-27(15-20)35(3,4)33-25-16-24-17-26-31(40-32(24)19-23(25)11-13-37(29)33)12-14-38-30-10-8-22(21(2)39)18-28(30)36(5,6)34(26)38/h7-10,15-18,23,31-32H,11-14,19H2,1-6H3/q+1/t23-,31-,32+/m1/s1. The van der Waals surface area contributed by atoms with Gasteiger partial charge in [0.25, 0.3) is 0 Å². The number of benzene rings is 2. The highest BCUT2D eigenvalue weighted by atomic mass is 16.5. The van der Waals surface area contributed by atoms with Gasteiger partial charge in [-0.15, -0.1) is 0 Å². The van der Waals surface area contributed by atoms with Gasteiger partial charge in [0.15, 0.2) is 18.0 Å². The Kier molecular flexibility index (Phi) is 4.87. The molecule has 5 heterocycles. The molecule has 4 nitrogen and oxygen atoms in total. The number of hydrogen-bond acceptors (Lipinski definition) is 3. The molecule has 8 rings (SSSR count). The number of ketones is 1. The highest BCUT2D eigenvalue weighted by Gasteiger charge is 2.54. The van der Waals surface area contributed by atoms with Gasteiger partial charge in [0.05, 0.1) is 17.6 Å². The van der Waals surface area contributed by atoms with Gasteiger partial charge < -0.3 is 9.64 Å². The molecule has 3 atom stereocenters. The summed E-state index contributed by atoms with van der Waals surface area (Å²) in [5.74, 6) is 0.675. The van der Waals surface area contributed by atoms with E-state index in [1.807, 2.05) is 6.07 Å². The van der Waals surface area contributed by atoms with Crippen LogP contribution in [0.4, 0.5) is 11.4 Å². The fraction of sp³-hybridized carbons (Fsp3) is 0.444. The average molecular weight is 532 g/mol. The lowest BCUT2D eigenvalue weighted by atomic mass is 9.71. The molecule has 0 saturated heterocycles. The molecule has 0 N–H and O–H groups in total. The number of anilines is 1. The van der Waals surface area contributed by atoms with Crippen molar-refractivity contribution in [1.29, 1.82) is 0 Å². The van der Waals surface area contributed by atoms with Crippen LogP contribution in [0.25, 0.3) is 0 Å². The topological polar surface area (TPSA) is 32.5 Å². The van der Waals surface area contributed by atoms with Gasteiger partial charge in [-0.3, -0.25) is 4.79 Å². The van der Waals surface area contributed by atoms with Crippen LogP contribution in [0.5, 0.6) is 0 Å². The van der Waals surface area contributed by atoms with Crippen molar-refractivity contribution < 1.29 is 14.1 Å². The van der Waals surface area contributed by atoms with Gasteiger partial charge in [-0.2, -0.15) is 4.58 Å². The van der Waals surface area contributed by atoms with Gasteiger partial charge in [0.2, 0.25) is 5.69 Å². The van der Waals surface area contributed by atoms with Crippen molar-refractivity contribution in [2.45, 2.75) is 83.8 Å². The number of rotatable bonds is 1. The van der Waals surface area contributed by atoms with E-state index in [1.165, 1.54) is 62.6 Å². The maximum Gasteiger partial charge on any atom is 0.209 e. The number of ether oxygens (including phenoxy) is 1. The molecule has 204 valence electrons. The monoisotopic (exact) mass is 531 g/mol. The summed E-state index contributed by atoms with van der Waals surface area (Å²) in [5.41, 5.74) is 14.3. The third-order valence-electron chi connectivity index (χ3n) is 10.7. The third kappa shape index (κ3) is 3.12. The minimum atomic E-state index is -0.185. The Balaban J connectivity index is 1.26. The van der Waals surface area contributed by atoms with E-state index in [4.69, 9.17) is 4.74 Å².